The van der Waals surface area contributed by atoms with Crippen LogP contribution in [-0.2, 0) is 21.4 Å². The van der Waals surface area contributed by atoms with E-state index in [9.17, 15) is 13.2 Å². The van der Waals surface area contributed by atoms with E-state index < -0.39 is 10.0 Å². The molecule has 0 aliphatic rings. The fourth-order valence-electron chi connectivity index (χ4n) is 2.05. The van der Waals surface area contributed by atoms with E-state index in [1.165, 1.54) is 36.2 Å². The SMILES string of the molecule is Cc1ccsc1CN(C)C(=O)CN(C)S(=O)(=O)c1ccc(Cl)cc1. The highest BCUT2D eigenvalue weighted by atomic mass is 35.5. The van der Waals surface area contributed by atoms with Gasteiger partial charge in [0, 0.05) is 24.0 Å². The van der Waals surface area contributed by atoms with Gasteiger partial charge in [-0.3, -0.25) is 4.79 Å². The molecule has 24 heavy (non-hydrogen) atoms. The fraction of sp³-hybridized carbons (Fsp3) is 0.312. The molecule has 0 bridgehead atoms. The van der Waals surface area contributed by atoms with E-state index in [1.54, 1.807) is 18.4 Å². The van der Waals surface area contributed by atoms with E-state index in [0.717, 1.165) is 14.7 Å². The van der Waals surface area contributed by atoms with E-state index in [0.29, 0.717) is 11.6 Å². The number of sulfonamides is 1. The Morgan fingerprint density at radius 1 is 1.17 bits per heavy atom. The van der Waals surface area contributed by atoms with E-state index >= 15 is 0 Å². The van der Waals surface area contributed by atoms with Gasteiger partial charge in [0.25, 0.3) is 0 Å². The van der Waals surface area contributed by atoms with Gasteiger partial charge >= 0.3 is 0 Å². The van der Waals surface area contributed by atoms with Crippen molar-refractivity contribution in [2.75, 3.05) is 20.6 Å². The lowest BCUT2D eigenvalue weighted by atomic mass is 10.3. The van der Waals surface area contributed by atoms with Gasteiger partial charge in [-0.15, -0.1) is 11.3 Å². The zero-order valence-electron chi connectivity index (χ0n) is 13.7. The van der Waals surface area contributed by atoms with Gasteiger partial charge in [0.2, 0.25) is 15.9 Å². The summed E-state index contributed by atoms with van der Waals surface area (Å²) in [5, 5.41) is 2.43. The topological polar surface area (TPSA) is 57.7 Å². The highest BCUT2D eigenvalue weighted by molar-refractivity contribution is 7.89. The highest BCUT2D eigenvalue weighted by Gasteiger charge is 2.24. The lowest BCUT2D eigenvalue weighted by molar-refractivity contribution is -0.130. The number of halogens is 1. The summed E-state index contributed by atoms with van der Waals surface area (Å²) in [6.45, 7) is 2.24. The Balaban J connectivity index is 2.04. The van der Waals surface area contributed by atoms with Crippen molar-refractivity contribution in [1.82, 2.24) is 9.21 Å². The number of hydrogen-bond donors (Lipinski definition) is 0. The van der Waals surface area contributed by atoms with Crippen LogP contribution < -0.4 is 0 Å². The van der Waals surface area contributed by atoms with Crippen LogP contribution in [0.5, 0.6) is 0 Å². The number of carbonyl (C=O) groups excluding carboxylic acids is 1. The molecule has 1 amide bonds. The molecule has 1 aromatic heterocycles. The van der Waals surface area contributed by atoms with E-state index in [2.05, 4.69) is 0 Å². The summed E-state index contributed by atoms with van der Waals surface area (Å²) >= 11 is 7.36. The van der Waals surface area contributed by atoms with Crippen LogP contribution in [0.1, 0.15) is 10.4 Å². The van der Waals surface area contributed by atoms with Crippen LogP contribution >= 0.6 is 22.9 Å². The minimum atomic E-state index is -3.72. The van der Waals surface area contributed by atoms with E-state index in [1.807, 2.05) is 18.4 Å². The zero-order valence-corrected chi connectivity index (χ0v) is 16.1. The van der Waals surface area contributed by atoms with Gasteiger partial charge < -0.3 is 4.90 Å². The van der Waals surface area contributed by atoms with Crippen LogP contribution in [0.3, 0.4) is 0 Å². The van der Waals surface area contributed by atoms with E-state index in [4.69, 9.17) is 11.6 Å². The third-order valence-corrected chi connectivity index (χ3v) is 6.73. The maximum Gasteiger partial charge on any atom is 0.243 e. The molecule has 2 rings (SSSR count). The first-order valence-corrected chi connectivity index (χ1v) is 9.90. The normalized spacial score (nSPS) is 11.7. The number of thiophene rings is 1. The summed E-state index contributed by atoms with van der Waals surface area (Å²) in [4.78, 5) is 15.1. The van der Waals surface area contributed by atoms with Gasteiger partial charge in [-0.1, -0.05) is 11.6 Å². The summed E-state index contributed by atoms with van der Waals surface area (Å²) in [6, 6.07) is 7.87. The Bertz CT molecular complexity index is 816. The molecule has 0 saturated heterocycles. The molecule has 130 valence electrons. The number of rotatable bonds is 6. The molecule has 0 radical (unpaired) electrons. The van der Waals surface area contributed by atoms with Gasteiger partial charge in [0.05, 0.1) is 18.0 Å². The molecule has 0 saturated carbocycles. The Morgan fingerprint density at radius 2 is 1.79 bits per heavy atom. The summed E-state index contributed by atoms with van der Waals surface area (Å²) < 4.78 is 26.0. The molecule has 0 unspecified atom stereocenters. The summed E-state index contributed by atoms with van der Waals surface area (Å²) in [5.41, 5.74) is 1.13. The van der Waals surface area contributed by atoms with Crippen molar-refractivity contribution in [3.05, 3.63) is 51.2 Å². The number of carbonyl (C=O) groups is 1. The van der Waals surface area contributed by atoms with Crippen molar-refractivity contribution < 1.29 is 13.2 Å². The number of amides is 1. The van der Waals surface area contributed by atoms with Crippen molar-refractivity contribution in [2.24, 2.45) is 0 Å². The minimum Gasteiger partial charge on any atom is -0.339 e. The Labute approximate surface area is 151 Å². The molecule has 5 nitrogen and oxygen atoms in total. The average molecular weight is 387 g/mol. The minimum absolute atomic E-state index is 0.110. The molecule has 0 N–H and O–H groups in total. The lowest BCUT2D eigenvalue weighted by Gasteiger charge is -2.22. The smallest absolute Gasteiger partial charge is 0.243 e. The molecule has 0 fully saturated rings. The van der Waals surface area contributed by atoms with E-state index in [-0.39, 0.29) is 17.3 Å². The number of hydrogen-bond acceptors (Lipinski definition) is 4. The van der Waals surface area contributed by atoms with Crippen LogP contribution in [0.25, 0.3) is 0 Å². The predicted octanol–water partition coefficient (Wildman–Crippen LogP) is 2.99. The monoisotopic (exact) mass is 386 g/mol. The third kappa shape index (κ3) is 4.36. The second-order valence-electron chi connectivity index (χ2n) is 5.49. The van der Waals surface area contributed by atoms with Crippen molar-refractivity contribution in [2.45, 2.75) is 18.4 Å². The maximum absolute atomic E-state index is 12.5. The van der Waals surface area contributed by atoms with Crippen molar-refractivity contribution in [1.29, 1.82) is 0 Å². The number of likely N-dealkylation sites (N-methyl/N-ethyl adjacent to an activating group) is 2. The Morgan fingerprint density at radius 3 is 2.33 bits per heavy atom. The summed E-state index contributed by atoms with van der Waals surface area (Å²) in [5.74, 6) is -0.261. The van der Waals surface area contributed by atoms with Crippen LogP contribution in [0.15, 0.2) is 40.6 Å². The standard InChI is InChI=1S/C16H19ClN2O3S2/c1-12-8-9-23-15(12)10-18(2)16(20)11-19(3)24(21,22)14-6-4-13(17)5-7-14/h4-9H,10-11H2,1-3H3. The van der Waals surface area contributed by atoms with Crippen LogP contribution in [0.2, 0.25) is 5.02 Å². The van der Waals surface area contributed by atoms with Gasteiger partial charge in [0.1, 0.15) is 0 Å². The number of aryl methyl sites for hydroxylation is 1. The number of benzene rings is 1. The molecule has 1 heterocycles. The first kappa shape index (κ1) is 18.9. The molecular formula is C16H19ClN2O3S2. The quantitative estimate of drug-likeness (QED) is 0.766. The average Bonchev–Trinajstić information content (AvgIpc) is 2.92. The van der Waals surface area contributed by atoms with Gasteiger partial charge in [-0.25, -0.2) is 8.42 Å². The molecule has 0 atom stereocenters. The molecule has 0 aliphatic carbocycles. The fourth-order valence-corrected chi connectivity index (χ4v) is 4.26. The van der Waals surface area contributed by atoms with Crippen molar-refractivity contribution in [3.8, 4) is 0 Å². The van der Waals surface area contributed by atoms with Crippen molar-refractivity contribution in [3.63, 3.8) is 0 Å². The Kier molecular flexibility index (Phi) is 6.03. The first-order valence-electron chi connectivity index (χ1n) is 7.20. The summed E-state index contributed by atoms with van der Waals surface area (Å²) in [7, 11) is -0.659. The molecule has 2 aromatic rings. The number of nitrogens with zero attached hydrogens (tertiary/aromatic N) is 2. The Hall–Kier alpha value is -1.41. The van der Waals surface area contributed by atoms with Gasteiger partial charge in [-0.05, 0) is 48.2 Å². The second-order valence-corrected chi connectivity index (χ2v) is 8.97. The van der Waals surface area contributed by atoms with Crippen molar-refractivity contribution >= 4 is 38.9 Å². The second kappa shape index (κ2) is 7.65. The summed E-state index contributed by atoms with van der Waals surface area (Å²) in [6.07, 6.45) is 0. The van der Waals surface area contributed by atoms with Crippen LogP contribution in [0.4, 0.5) is 0 Å². The largest absolute Gasteiger partial charge is 0.339 e. The van der Waals surface area contributed by atoms with Gasteiger partial charge in [0.15, 0.2) is 0 Å². The van der Waals surface area contributed by atoms with Gasteiger partial charge in [-0.2, -0.15) is 4.31 Å². The molecule has 0 aliphatic heterocycles. The highest BCUT2D eigenvalue weighted by Crippen LogP contribution is 2.19. The first-order chi connectivity index (χ1) is 11.2. The lowest BCUT2D eigenvalue weighted by Crippen LogP contribution is -2.39. The van der Waals surface area contributed by atoms with Crippen LogP contribution in [-0.4, -0.2) is 44.2 Å². The molecule has 1 aromatic carbocycles. The maximum atomic E-state index is 12.5. The predicted molar refractivity (Wildman–Crippen MR) is 96.8 cm³/mol. The van der Waals surface area contributed by atoms with Crippen LogP contribution in [0, 0.1) is 6.92 Å². The zero-order chi connectivity index (χ0) is 17.9. The molecule has 0 spiro atoms. The molecule has 8 heteroatoms. The molecular weight excluding hydrogens is 368 g/mol. The third-order valence-electron chi connectivity index (χ3n) is 3.65.